The zero-order valence-corrected chi connectivity index (χ0v) is 49.3. The van der Waals surface area contributed by atoms with E-state index < -0.39 is 176 Å². The number of ether oxygens (including phenoxy) is 1. The van der Waals surface area contributed by atoms with E-state index in [-0.39, 0.29) is 105 Å². The van der Waals surface area contributed by atoms with E-state index in [0.29, 0.717) is 32.9 Å². The van der Waals surface area contributed by atoms with E-state index in [1.165, 1.54) is 51.6 Å². The van der Waals surface area contributed by atoms with E-state index in [4.69, 9.17) is 28.0 Å². The largest absolute Gasteiger partial charge is 0.510 e. The number of fused-ring (bicyclic) bond motifs is 4. The van der Waals surface area contributed by atoms with Crippen molar-refractivity contribution in [3.8, 4) is 50.9 Å². The summed E-state index contributed by atoms with van der Waals surface area (Å²) in [5.41, 5.74) is -2.25. The van der Waals surface area contributed by atoms with Crippen molar-refractivity contribution in [2.45, 2.75) is 72.9 Å². The molecule has 0 saturated carbocycles. The van der Waals surface area contributed by atoms with Gasteiger partial charge >= 0.3 is 0 Å². The van der Waals surface area contributed by atoms with Gasteiger partial charge in [-0.05, 0) is 126 Å². The maximum Gasteiger partial charge on any atom is 0.268 e. The standard InChI is InChI=1S/C77H66N4OSi.Pt/c1-52-26-24-27-53(2)74(52)56-40-43-69-71(45-56)79(58-30-25-31-59(48-58)82-60-41-42-65-64-38-22-23-39-68(64)81(70(65)49-60)73-44-54(3)66(50-78-73)55-28-14-10-15-29-55)51-80(69)75-67(77(7,8)9)46-57(76(4,5)6)47-72(75)83(61-32-16-11-17-33-61,62-34-18-12-19-35-62)63-36-20-13-21-37-63;/h10-47,50H,1-9H3;/q-2;/i1D3,2D3,3D3,10D,11D,12D,13D,14D,15D,16D,17D,18D,19D,20D,21D,28D,29D,32D,33D,34D,35D,36D,37D;. The Bertz CT molecular complexity index is 5870. The minimum atomic E-state index is -6.06. The van der Waals surface area contributed by atoms with Gasteiger partial charge in [0.05, 0.1) is 44.1 Å². The maximum atomic E-state index is 10.1. The van der Waals surface area contributed by atoms with Crippen molar-refractivity contribution in [3.05, 3.63) is 283 Å². The molecule has 0 N–H and O–H groups in total. The molecule has 416 valence electrons. The SMILES string of the molecule is [2H]c1c([2H])c([2H])c(-c2cnc(-n3c4[c-]c(Oc5[c-]c(-n6[c-][n+](-c7c(C(C)(C)C)cc(C(C)(C)C)cc7[Si](c7c([2H])c([2H])c([2H])c([2H])c7[2H])(c7c([2H])c([2H])c([2H])c([2H])c7[2H])c7c([2H])c([2H])c([2H])c([2H])c7[2H])c7ccc(-c8c(C([2H])([2H])[2H])cccc8C([2H])([2H])[2H])cc76)ccc5)ccc4c4ccccc43)cc2C([2H])([2H])[2H])c([2H])c1[2H].[Pt]. The molecule has 0 fully saturated rings. The number of aromatic nitrogens is 4. The van der Waals surface area contributed by atoms with E-state index in [1.54, 1.807) is 59.2 Å². The number of rotatable bonds is 11. The van der Waals surface area contributed by atoms with Crippen LogP contribution < -0.4 is 30.1 Å². The maximum absolute atomic E-state index is 10.1. The molecule has 13 rings (SSSR count). The molecule has 0 spiro atoms. The first-order chi connectivity index (χ1) is 52.1. The van der Waals surface area contributed by atoms with Gasteiger partial charge in [0.15, 0.2) is 8.07 Å². The third-order valence-corrected chi connectivity index (χ3v) is 18.9. The molecular formula is C77H66N4OPtSi-2. The molecule has 13 aromatic rings. The van der Waals surface area contributed by atoms with E-state index in [0.717, 1.165) is 6.20 Å². The first-order valence-electron chi connectivity index (χ1n) is 40.9. The molecule has 5 nitrogen and oxygen atoms in total. The number of benzene rings is 10. The van der Waals surface area contributed by atoms with Crippen LogP contribution in [0.4, 0.5) is 0 Å². The Labute approximate surface area is 550 Å². The molecule has 7 heteroatoms. The quantitative estimate of drug-likeness (QED) is 0.0560. The zero-order valence-electron chi connectivity index (χ0n) is 75.0. The van der Waals surface area contributed by atoms with Crippen LogP contribution in [0.15, 0.2) is 236 Å². The second-order valence-corrected chi connectivity index (χ2v) is 25.4. The summed E-state index contributed by atoms with van der Waals surface area (Å²) in [6, 6.07) is 16.7. The van der Waals surface area contributed by atoms with Crippen LogP contribution in [-0.2, 0) is 31.9 Å². The van der Waals surface area contributed by atoms with Gasteiger partial charge in [-0.1, -0.05) is 229 Å². The van der Waals surface area contributed by atoms with Gasteiger partial charge in [0, 0.05) is 62.2 Å². The summed E-state index contributed by atoms with van der Waals surface area (Å²) in [7, 11) is -6.06. The Hall–Kier alpha value is -8.67. The Morgan fingerprint density at radius 3 is 1.81 bits per heavy atom. The molecule has 0 atom stereocenters. The minimum Gasteiger partial charge on any atom is -0.510 e. The molecule has 0 aliphatic rings. The Morgan fingerprint density at radius 1 is 0.560 bits per heavy atom. The number of pyridine rings is 1. The van der Waals surface area contributed by atoms with Gasteiger partial charge in [0.2, 0.25) is 0 Å². The average molecular weight is 1320 g/mol. The van der Waals surface area contributed by atoms with E-state index >= 15 is 0 Å². The normalized spacial score (nSPS) is 17.4. The summed E-state index contributed by atoms with van der Waals surface area (Å²) in [5, 5.41) is -1.27. The fourth-order valence-electron chi connectivity index (χ4n) is 10.8. The second kappa shape index (κ2) is 22.1. The smallest absolute Gasteiger partial charge is 0.268 e. The van der Waals surface area contributed by atoms with Crippen LogP contribution >= 0.6 is 0 Å². The van der Waals surface area contributed by atoms with Gasteiger partial charge in [-0.3, -0.25) is 4.57 Å². The summed E-state index contributed by atoms with van der Waals surface area (Å²) >= 11 is 0. The monoisotopic (exact) mass is 1310 g/mol. The Balaban J connectivity index is 0.0000118. The Morgan fingerprint density at radius 2 is 1.18 bits per heavy atom. The number of hydrogen-bond acceptors (Lipinski definition) is 2. The zero-order chi connectivity index (χ0) is 82.1. The van der Waals surface area contributed by atoms with Crippen LogP contribution in [0.2, 0.25) is 0 Å². The second-order valence-electron chi connectivity index (χ2n) is 21.9. The molecule has 84 heavy (non-hydrogen) atoms. The summed E-state index contributed by atoms with van der Waals surface area (Å²) < 4.78 is 277. The number of nitrogens with zero attached hydrogens (tertiary/aromatic N) is 4. The van der Waals surface area contributed by atoms with E-state index in [1.807, 2.05) is 53.7 Å². The minimum absolute atomic E-state index is 0. The number of imidazole rings is 1. The topological polar surface area (TPSA) is 35.9 Å². The van der Waals surface area contributed by atoms with Crippen LogP contribution in [0.3, 0.4) is 0 Å². The third-order valence-electron chi connectivity index (χ3n) is 14.7. The number of aryl methyl sites for hydroxylation is 3. The van der Waals surface area contributed by atoms with Crippen LogP contribution in [0.25, 0.3) is 72.3 Å². The van der Waals surface area contributed by atoms with Crippen molar-refractivity contribution < 1.29 is 70.1 Å². The predicted octanol–water partition coefficient (Wildman–Crippen LogP) is 15.8. The van der Waals surface area contributed by atoms with Crippen molar-refractivity contribution in [3.63, 3.8) is 0 Å². The molecule has 0 bridgehead atoms. The van der Waals surface area contributed by atoms with Crippen molar-refractivity contribution in [2.75, 3.05) is 0 Å². The molecule has 0 aliphatic carbocycles. The van der Waals surface area contributed by atoms with Crippen LogP contribution in [0.1, 0.15) is 109 Å². The summed E-state index contributed by atoms with van der Waals surface area (Å²) in [5.74, 6) is 0.0605. The van der Waals surface area contributed by atoms with Crippen molar-refractivity contribution in [1.29, 1.82) is 0 Å². The van der Waals surface area contributed by atoms with Crippen molar-refractivity contribution >= 4 is 61.7 Å². The Kier molecular flexibility index (Phi) is 8.25. The molecule has 0 amide bonds. The third kappa shape index (κ3) is 9.85. The van der Waals surface area contributed by atoms with Gasteiger partial charge < -0.3 is 13.9 Å². The van der Waals surface area contributed by atoms with Gasteiger partial charge in [-0.2, -0.15) is 18.2 Å². The molecule has 0 aliphatic heterocycles. The van der Waals surface area contributed by atoms with Crippen molar-refractivity contribution in [1.82, 2.24) is 14.1 Å². The summed E-state index contributed by atoms with van der Waals surface area (Å²) in [6.45, 7) is 2.11. The van der Waals surface area contributed by atoms with Gasteiger partial charge in [-0.25, -0.2) is 4.98 Å². The van der Waals surface area contributed by atoms with Gasteiger partial charge in [0.25, 0.3) is 6.33 Å². The molecular weight excluding hydrogens is 1220 g/mol. The van der Waals surface area contributed by atoms with E-state index in [2.05, 4.69) is 23.4 Å². The summed E-state index contributed by atoms with van der Waals surface area (Å²) in [4.78, 5) is 4.69. The fraction of sp³-hybridized carbons (Fsp3) is 0.143. The van der Waals surface area contributed by atoms with Crippen molar-refractivity contribution in [2.24, 2.45) is 0 Å². The van der Waals surface area contributed by atoms with Crippen LogP contribution in [0.5, 0.6) is 11.5 Å². The number of para-hydroxylation sites is 1. The molecule has 3 aromatic heterocycles. The predicted molar refractivity (Wildman–Crippen MR) is 346 cm³/mol. The van der Waals surface area contributed by atoms with Crippen LogP contribution in [0, 0.1) is 39.0 Å². The molecule has 0 saturated heterocycles. The number of hydrogen-bond donors (Lipinski definition) is 0. The van der Waals surface area contributed by atoms with Crippen LogP contribution in [-0.4, -0.2) is 22.2 Å². The molecule has 3 heterocycles. The first-order valence-corrected chi connectivity index (χ1v) is 28.4. The molecule has 0 radical (unpaired) electrons. The van der Waals surface area contributed by atoms with Gasteiger partial charge in [0.1, 0.15) is 5.82 Å². The molecule has 10 aromatic carbocycles. The first kappa shape index (κ1) is 31.3. The van der Waals surface area contributed by atoms with Gasteiger partial charge in [-0.15, -0.1) is 29.7 Å². The average Bonchev–Trinajstić information content (AvgIpc) is 1.05. The fourth-order valence-corrected chi connectivity index (χ4v) is 14.8. The van der Waals surface area contributed by atoms with E-state index in [9.17, 15) is 16.4 Å². The molecule has 0 unspecified atom stereocenters. The summed E-state index contributed by atoms with van der Waals surface area (Å²) in [6.07, 6.45) is 4.60.